The van der Waals surface area contributed by atoms with Gasteiger partial charge in [-0.1, -0.05) is 0 Å². The van der Waals surface area contributed by atoms with Crippen LogP contribution in [0.4, 0.5) is 5.82 Å². The number of hydrogen-bond donors (Lipinski definition) is 1. The van der Waals surface area contributed by atoms with E-state index < -0.39 is 0 Å². The highest BCUT2D eigenvalue weighted by Crippen LogP contribution is 2.37. The average molecular weight is 359 g/mol. The first-order valence-corrected chi connectivity index (χ1v) is 9.75. The van der Waals surface area contributed by atoms with Gasteiger partial charge in [-0.2, -0.15) is 0 Å². The van der Waals surface area contributed by atoms with Gasteiger partial charge in [0.25, 0.3) is 0 Å². The molecule has 7 heteroatoms. The Morgan fingerprint density at radius 3 is 2.92 bits per heavy atom. The van der Waals surface area contributed by atoms with E-state index in [-0.39, 0.29) is 11.4 Å². The number of nitrogens with zero attached hydrogens (tertiary/aromatic N) is 4. The van der Waals surface area contributed by atoms with Crippen molar-refractivity contribution in [3.63, 3.8) is 0 Å². The quantitative estimate of drug-likeness (QED) is 0.845. The van der Waals surface area contributed by atoms with Gasteiger partial charge < -0.3 is 10.2 Å². The Kier molecular flexibility index (Phi) is 4.16. The van der Waals surface area contributed by atoms with Crippen LogP contribution in [0.3, 0.4) is 0 Å². The monoisotopic (exact) mass is 359 g/mol. The van der Waals surface area contributed by atoms with Crippen molar-refractivity contribution in [2.75, 3.05) is 38.1 Å². The van der Waals surface area contributed by atoms with E-state index in [0.29, 0.717) is 6.42 Å². The van der Waals surface area contributed by atoms with Crippen molar-refractivity contribution in [1.29, 1.82) is 0 Å². The molecule has 0 aliphatic carbocycles. The van der Waals surface area contributed by atoms with Crippen molar-refractivity contribution in [1.82, 2.24) is 20.2 Å². The average Bonchev–Trinajstić information content (AvgIpc) is 2.77. The lowest BCUT2D eigenvalue weighted by atomic mass is 9.86. The molecule has 134 valence electrons. The van der Waals surface area contributed by atoms with Crippen molar-refractivity contribution < 1.29 is 4.79 Å². The third kappa shape index (κ3) is 2.79. The van der Waals surface area contributed by atoms with Gasteiger partial charge in [0.05, 0.1) is 5.39 Å². The molecular formula is C18H25N5OS. The number of amides is 1. The molecule has 0 aromatic carbocycles. The van der Waals surface area contributed by atoms with E-state index in [0.717, 1.165) is 49.7 Å². The van der Waals surface area contributed by atoms with E-state index in [1.165, 1.54) is 15.8 Å². The molecule has 2 aliphatic rings. The van der Waals surface area contributed by atoms with Crippen LogP contribution in [-0.4, -0.2) is 59.5 Å². The van der Waals surface area contributed by atoms with Gasteiger partial charge >= 0.3 is 0 Å². The summed E-state index contributed by atoms with van der Waals surface area (Å²) in [7, 11) is 2.20. The largest absolute Gasteiger partial charge is 0.356 e. The first-order valence-electron chi connectivity index (χ1n) is 8.94. The summed E-state index contributed by atoms with van der Waals surface area (Å²) in [5.74, 6) is 1.24. The van der Waals surface area contributed by atoms with Crippen molar-refractivity contribution in [3.8, 4) is 0 Å². The standard InChI is InChI=1S/C18H25N5OS/c1-12-13(2)25-17-15(12)16(20-11-21-17)23-9-8-22(3)18(10-23)5-4-14(24)19-7-6-18/h11H,4-10H2,1-3H3,(H,19,24). The number of hydrogen-bond acceptors (Lipinski definition) is 6. The Hall–Kier alpha value is -1.73. The number of thiophene rings is 1. The second-order valence-electron chi connectivity index (χ2n) is 7.33. The fourth-order valence-corrected chi connectivity index (χ4v) is 5.17. The van der Waals surface area contributed by atoms with Gasteiger partial charge in [0, 0.05) is 43.0 Å². The van der Waals surface area contributed by atoms with Gasteiger partial charge in [0.15, 0.2) is 0 Å². The normalized spacial score (nSPS) is 25.4. The zero-order valence-electron chi connectivity index (χ0n) is 15.1. The molecule has 1 spiro atoms. The van der Waals surface area contributed by atoms with Crippen molar-refractivity contribution in [2.45, 2.75) is 38.6 Å². The molecule has 0 saturated carbocycles. The molecule has 4 heterocycles. The Labute approximate surface area is 152 Å². The van der Waals surface area contributed by atoms with Crippen molar-refractivity contribution in [3.05, 3.63) is 16.8 Å². The van der Waals surface area contributed by atoms with Crippen molar-refractivity contribution >= 4 is 33.3 Å². The maximum Gasteiger partial charge on any atom is 0.220 e. The molecule has 2 aromatic rings. The van der Waals surface area contributed by atoms with Crippen LogP contribution in [0, 0.1) is 13.8 Å². The molecule has 1 atom stereocenters. The van der Waals surface area contributed by atoms with Crippen LogP contribution >= 0.6 is 11.3 Å². The summed E-state index contributed by atoms with van der Waals surface area (Å²) in [5.41, 5.74) is 1.33. The van der Waals surface area contributed by atoms with Gasteiger partial charge in [0.2, 0.25) is 5.91 Å². The molecule has 2 aliphatic heterocycles. The van der Waals surface area contributed by atoms with Gasteiger partial charge in [0.1, 0.15) is 17.0 Å². The van der Waals surface area contributed by atoms with Crippen LogP contribution in [0.5, 0.6) is 0 Å². The smallest absolute Gasteiger partial charge is 0.220 e. The Balaban J connectivity index is 1.71. The van der Waals surface area contributed by atoms with Crippen LogP contribution in [-0.2, 0) is 4.79 Å². The molecule has 0 bridgehead atoms. The number of aromatic nitrogens is 2. The van der Waals surface area contributed by atoms with Crippen LogP contribution in [0.25, 0.3) is 10.2 Å². The van der Waals surface area contributed by atoms with E-state index in [1.807, 2.05) is 0 Å². The van der Waals surface area contributed by atoms with Crippen LogP contribution in [0.2, 0.25) is 0 Å². The summed E-state index contributed by atoms with van der Waals surface area (Å²) >= 11 is 1.75. The number of nitrogens with one attached hydrogen (secondary N) is 1. The van der Waals surface area contributed by atoms with Gasteiger partial charge in [-0.3, -0.25) is 9.69 Å². The molecule has 25 heavy (non-hydrogen) atoms. The maximum absolute atomic E-state index is 11.8. The van der Waals surface area contributed by atoms with E-state index in [2.05, 4.69) is 46.0 Å². The lowest BCUT2D eigenvalue weighted by Crippen LogP contribution is -2.61. The number of aryl methyl sites for hydroxylation is 2. The fraction of sp³-hybridized carbons (Fsp3) is 0.611. The fourth-order valence-electron chi connectivity index (χ4n) is 4.18. The molecule has 1 N–H and O–H groups in total. The minimum atomic E-state index is 0.0354. The summed E-state index contributed by atoms with van der Waals surface area (Å²) in [6, 6.07) is 0. The second-order valence-corrected chi connectivity index (χ2v) is 8.53. The SMILES string of the molecule is Cc1sc2ncnc(N3CCN(C)C4(CCNC(=O)CC4)C3)c2c1C. The third-order valence-electron chi connectivity index (χ3n) is 5.98. The molecule has 2 fully saturated rings. The summed E-state index contributed by atoms with van der Waals surface area (Å²) in [5, 5.41) is 4.23. The number of rotatable bonds is 1. The lowest BCUT2D eigenvalue weighted by Gasteiger charge is -2.49. The van der Waals surface area contributed by atoms with Crippen molar-refractivity contribution in [2.24, 2.45) is 0 Å². The van der Waals surface area contributed by atoms with E-state index in [1.54, 1.807) is 17.7 Å². The predicted molar refractivity (Wildman–Crippen MR) is 101 cm³/mol. The highest BCUT2D eigenvalue weighted by Gasteiger charge is 2.41. The first kappa shape index (κ1) is 16.7. The Morgan fingerprint density at radius 1 is 1.24 bits per heavy atom. The third-order valence-corrected chi connectivity index (χ3v) is 7.09. The van der Waals surface area contributed by atoms with E-state index >= 15 is 0 Å². The topological polar surface area (TPSA) is 61.4 Å². The highest BCUT2D eigenvalue weighted by atomic mass is 32.1. The molecule has 1 amide bonds. The molecule has 2 aromatic heterocycles. The zero-order valence-corrected chi connectivity index (χ0v) is 15.9. The second kappa shape index (κ2) is 6.21. The van der Waals surface area contributed by atoms with Crippen LogP contribution < -0.4 is 10.2 Å². The van der Waals surface area contributed by atoms with Gasteiger partial charge in [-0.05, 0) is 39.3 Å². The van der Waals surface area contributed by atoms with Crippen LogP contribution in [0.1, 0.15) is 29.7 Å². The molecule has 1 unspecified atom stereocenters. The first-order chi connectivity index (χ1) is 12.0. The highest BCUT2D eigenvalue weighted by molar-refractivity contribution is 7.18. The molecule has 2 saturated heterocycles. The summed E-state index contributed by atoms with van der Waals surface area (Å²) in [6.07, 6.45) is 4.19. The lowest BCUT2D eigenvalue weighted by molar-refractivity contribution is -0.120. The number of fused-ring (bicyclic) bond motifs is 1. The van der Waals surface area contributed by atoms with E-state index in [4.69, 9.17) is 0 Å². The summed E-state index contributed by atoms with van der Waals surface area (Å²) in [4.78, 5) is 28.2. The number of piperazine rings is 1. The molecule has 4 rings (SSSR count). The molecule has 6 nitrogen and oxygen atoms in total. The minimum absolute atomic E-state index is 0.0354. The van der Waals surface area contributed by atoms with Crippen LogP contribution in [0.15, 0.2) is 6.33 Å². The Bertz CT molecular complexity index is 819. The maximum atomic E-state index is 11.8. The molecular weight excluding hydrogens is 334 g/mol. The number of anilines is 1. The van der Waals surface area contributed by atoms with E-state index in [9.17, 15) is 4.79 Å². The number of carbonyl (C=O) groups is 1. The number of carbonyl (C=O) groups excluding carboxylic acids is 1. The van der Waals surface area contributed by atoms with Gasteiger partial charge in [-0.15, -0.1) is 11.3 Å². The predicted octanol–water partition coefficient (Wildman–Crippen LogP) is 2.10. The molecule has 0 radical (unpaired) electrons. The summed E-state index contributed by atoms with van der Waals surface area (Å²) in [6.45, 7) is 7.94. The zero-order chi connectivity index (χ0) is 17.6. The van der Waals surface area contributed by atoms with Gasteiger partial charge in [-0.25, -0.2) is 9.97 Å². The minimum Gasteiger partial charge on any atom is -0.356 e. The number of likely N-dealkylation sites (N-methyl/N-ethyl adjacent to an activating group) is 1. The summed E-state index contributed by atoms with van der Waals surface area (Å²) < 4.78 is 0. The Morgan fingerprint density at radius 2 is 2.08 bits per heavy atom.